The minimum absolute atomic E-state index is 0.0147. The predicted molar refractivity (Wildman–Crippen MR) is 116 cm³/mol. The van der Waals surface area contributed by atoms with Gasteiger partial charge in [-0.2, -0.15) is 13.2 Å². The van der Waals surface area contributed by atoms with Crippen LogP contribution in [0, 0.1) is 0 Å². The van der Waals surface area contributed by atoms with Crippen molar-refractivity contribution < 1.29 is 32.2 Å². The lowest BCUT2D eigenvalue weighted by atomic mass is 10.1. The van der Waals surface area contributed by atoms with Crippen LogP contribution >= 0.6 is 11.6 Å². The summed E-state index contributed by atoms with van der Waals surface area (Å²) >= 11 is 5.99. The van der Waals surface area contributed by atoms with Gasteiger partial charge in [-0.15, -0.1) is 0 Å². The Labute approximate surface area is 193 Å². The van der Waals surface area contributed by atoms with E-state index in [9.17, 15) is 22.8 Å². The van der Waals surface area contributed by atoms with Gasteiger partial charge in [-0.05, 0) is 30.3 Å². The van der Waals surface area contributed by atoms with Gasteiger partial charge in [0.25, 0.3) is 5.91 Å². The minimum atomic E-state index is -4.57. The maximum Gasteiger partial charge on any atom is 0.416 e. The fourth-order valence-electron chi connectivity index (χ4n) is 3.73. The van der Waals surface area contributed by atoms with Crippen LogP contribution in [0.3, 0.4) is 0 Å². The van der Waals surface area contributed by atoms with E-state index in [4.69, 9.17) is 21.1 Å². The van der Waals surface area contributed by atoms with Gasteiger partial charge in [0.15, 0.2) is 6.10 Å². The smallest absolute Gasteiger partial charge is 0.416 e. The van der Waals surface area contributed by atoms with E-state index in [2.05, 4.69) is 5.32 Å². The van der Waals surface area contributed by atoms with Gasteiger partial charge in [-0.25, -0.2) is 0 Å². The van der Waals surface area contributed by atoms with E-state index in [-0.39, 0.29) is 29.7 Å². The van der Waals surface area contributed by atoms with Crippen LogP contribution in [-0.4, -0.2) is 62.2 Å². The van der Waals surface area contributed by atoms with Gasteiger partial charge in [0.2, 0.25) is 5.91 Å². The third-order valence-electron chi connectivity index (χ3n) is 5.36. The Kier molecular flexibility index (Phi) is 6.66. The number of morpholine rings is 1. The summed E-state index contributed by atoms with van der Waals surface area (Å²) in [6.45, 7) is 1.69. The molecule has 1 atom stereocenters. The number of fused-ring (bicyclic) bond motifs is 1. The molecule has 33 heavy (non-hydrogen) atoms. The van der Waals surface area contributed by atoms with Crippen molar-refractivity contribution in [2.45, 2.75) is 12.3 Å². The molecule has 1 saturated heterocycles. The van der Waals surface area contributed by atoms with Crippen molar-refractivity contribution in [2.75, 3.05) is 49.6 Å². The quantitative estimate of drug-likeness (QED) is 0.721. The van der Waals surface area contributed by atoms with Crippen molar-refractivity contribution >= 4 is 34.8 Å². The maximum absolute atomic E-state index is 13.0. The molecule has 11 heteroatoms. The number of nitrogens with one attached hydrogen (secondary N) is 1. The SMILES string of the molecule is O=C(CN1C[C@H](C(=O)N2CCOCC2)Oc2ccccc21)Nc1cc(C(F)(F)F)ccc1Cl. The summed E-state index contributed by atoms with van der Waals surface area (Å²) in [5.74, 6) is -0.343. The summed E-state index contributed by atoms with van der Waals surface area (Å²) in [7, 11) is 0. The van der Waals surface area contributed by atoms with Gasteiger partial charge in [-0.3, -0.25) is 9.59 Å². The lowest BCUT2D eigenvalue weighted by Crippen LogP contribution is -2.53. The molecule has 1 N–H and O–H groups in total. The van der Waals surface area contributed by atoms with Crippen molar-refractivity contribution in [2.24, 2.45) is 0 Å². The van der Waals surface area contributed by atoms with Gasteiger partial charge in [-0.1, -0.05) is 23.7 Å². The minimum Gasteiger partial charge on any atom is -0.477 e. The van der Waals surface area contributed by atoms with E-state index in [1.807, 2.05) is 0 Å². The van der Waals surface area contributed by atoms with E-state index in [0.29, 0.717) is 37.7 Å². The first kappa shape index (κ1) is 23.2. The normalized spacial score (nSPS) is 18.4. The second-order valence-corrected chi connectivity index (χ2v) is 8.04. The van der Waals surface area contributed by atoms with Crippen molar-refractivity contribution in [3.05, 3.63) is 53.1 Å². The molecular weight excluding hydrogens is 463 g/mol. The summed E-state index contributed by atoms with van der Waals surface area (Å²) in [6.07, 6.45) is -5.40. The van der Waals surface area contributed by atoms with E-state index >= 15 is 0 Å². The third-order valence-corrected chi connectivity index (χ3v) is 5.69. The van der Waals surface area contributed by atoms with Crippen molar-refractivity contribution in [3.63, 3.8) is 0 Å². The van der Waals surface area contributed by atoms with Crippen molar-refractivity contribution in [3.8, 4) is 5.75 Å². The Morgan fingerprint density at radius 1 is 1.12 bits per heavy atom. The number of carbonyl (C=O) groups excluding carboxylic acids is 2. The topological polar surface area (TPSA) is 71.1 Å². The first-order valence-corrected chi connectivity index (χ1v) is 10.6. The Hall–Kier alpha value is -2.98. The molecule has 2 heterocycles. The third kappa shape index (κ3) is 5.33. The Morgan fingerprint density at radius 3 is 2.58 bits per heavy atom. The van der Waals surface area contributed by atoms with Crippen LogP contribution in [0.2, 0.25) is 5.02 Å². The second-order valence-electron chi connectivity index (χ2n) is 7.63. The second kappa shape index (κ2) is 9.48. The Bertz CT molecular complexity index is 1040. The molecule has 0 saturated carbocycles. The molecule has 176 valence electrons. The standard InChI is InChI=1S/C22H21ClF3N3O4/c23-15-6-5-14(22(24,25)26)11-16(15)27-20(30)13-29-12-19(21(31)28-7-9-32-10-8-28)33-18-4-2-1-3-17(18)29/h1-6,11,19H,7-10,12-13H2,(H,27,30)/t19-/m1/s1. The summed E-state index contributed by atoms with van der Waals surface area (Å²) in [5.41, 5.74) is -0.456. The van der Waals surface area contributed by atoms with Gasteiger partial charge >= 0.3 is 6.18 Å². The van der Waals surface area contributed by atoms with E-state index in [1.54, 1.807) is 34.1 Å². The largest absolute Gasteiger partial charge is 0.477 e. The van der Waals surface area contributed by atoms with E-state index < -0.39 is 23.8 Å². The van der Waals surface area contributed by atoms with Crippen LogP contribution in [0.1, 0.15) is 5.56 Å². The van der Waals surface area contributed by atoms with Crippen LogP contribution in [0.25, 0.3) is 0 Å². The molecule has 4 rings (SSSR count). The molecule has 2 aliphatic heterocycles. The van der Waals surface area contributed by atoms with Crippen LogP contribution in [0.5, 0.6) is 5.75 Å². The molecule has 0 aliphatic carbocycles. The molecule has 1 fully saturated rings. The number of amides is 2. The average Bonchev–Trinajstić information content (AvgIpc) is 2.79. The van der Waals surface area contributed by atoms with Gasteiger partial charge in [0.05, 0.1) is 48.3 Å². The fourth-order valence-corrected chi connectivity index (χ4v) is 3.90. The van der Waals surface area contributed by atoms with Gasteiger partial charge < -0.3 is 24.6 Å². The Balaban J connectivity index is 1.50. The first-order chi connectivity index (χ1) is 15.7. The number of ether oxygens (including phenoxy) is 2. The molecule has 0 bridgehead atoms. The summed E-state index contributed by atoms with van der Waals surface area (Å²) in [6, 6.07) is 9.68. The number of alkyl halides is 3. The summed E-state index contributed by atoms with van der Waals surface area (Å²) < 4.78 is 50.3. The summed E-state index contributed by atoms with van der Waals surface area (Å²) in [4.78, 5) is 29.0. The van der Waals surface area contributed by atoms with E-state index in [1.165, 1.54) is 0 Å². The number of rotatable bonds is 4. The highest BCUT2D eigenvalue weighted by atomic mass is 35.5. The van der Waals surface area contributed by atoms with Gasteiger partial charge in [0, 0.05) is 13.1 Å². The molecule has 2 aromatic rings. The molecular formula is C22H21ClF3N3O4. The van der Waals surface area contributed by atoms with Gasteiger partial charge in [0.1, 0.15) is 5.75 Å². The highest BCUT2D eigenvalue weighted by molar-refractivity contribution is 6.33. The van der Waals surface area contributed by atoms with Crippen LogP contribution in [-0.2, 0) is 20.5 Å². The van der Waals surface area contributed by atoms with Crippen LogP contribution in [0.4, 0.5) is 24.5 Å². The number of carbonyl (C=O) groups is 2. The fraction of sp³-hybridized carbons (Fsp3) is 0.364. The first-order valence-electron chi connectivity index (χ1n) is 10.3. The molecule has 0 radical (unpaired) electrons. The zero-order chi connectivity index (χ0) is 23.6. The highest BCUT2D eigenvalue weighted by Gasteiger charge is 2.35. The van der Waals surface area contributed by atoms with Crippen molar-refractivity contribution in [1.29, 1.82) is 0 Å². The molecule has 2 aliphatic rings. The molecule has 0 unspecified atom stereocenters. The maximum atomic E-state index is 13.0. The molecule has 0 spiro atoms. The number of nitrogens with zero attached hydrogens (tertiary/aromatic N) is 2. The number of halogens is 4. The van der Waals surface area contributed by atoms with Crippen LogP contribution < -0.4 is 15.0 Å². The predicted octanol–water partition coefficient (Wildman–Crippen LogP) is 3.42. The molecule has 2 amide bonds. The zero-order valence-corrected chi connectivity index (χ0v) is 18.2. The summed E-state index contributed by atoms with van der Waals surface area (Å²) in [5, 5.41) is 2.43. The highest BCUT2D eigenvalue weighted by Crippen LogP contribution is 2.35. The Morgan fingerprint density at radius 2 is 1.85 bits per heavy atom. The number of anilines is 2. The lowest BCUT2D eigenvalue weighted by Gasteiger charge is -2.38. The molecule has 7 nitrogen and oxygen atoms in total. The van der Waals surface area contributed by atoms with Crippen LogP contribution in [0.15, 0.2) is 42.5 Å². The zero-order valence-electron chi connectivity index (χ0n) is 17.4. The van der Waals surface area contributed by atoms with E-state index in [0.717, 1.165) is 18.2 Å². The molecule has 0 aromatic heterocycles. The number of hydrogen-bond acceptors (Lipinski definition) is 5. The monoisotopic (exact) mass is 483 g/mol. The average molecular weight is 484 g/mol. The number of para-hydroxylation sites is 2. The van der Waals surface area contributed by atoms with Crippen molar-refractivity contribution in [1.82, 2.24) is 4.90 Å². The number of hydrogen-bond donors (Lipinski definition) is 1. The lowest BCUT2D eigenvalue weighted by molar-refractivity contribution is -0.142. The number of benzene rings is 2. The molecule has 2 aromatic carbocycles.